The summed E-state index contributed by atoms with van der Waals surface area (Å²) >= 11 is 0. The first-order chi connectivity index (χ1) is 9.06. The molecule has 0 aliphatic rings. The Bertz CT molecular complexity index is 600. The number of aromatic carboxylic acids is 1. The van der Waals surface area contributed by atoms with E-state index in [1.165, 1.54) is 12.1 Å². The fourth-order valence-corrected chi connectivity index (χ4v) is 1.44. The summed E-state index contributed by atoms with van der Waals surface area (Å²) < 4.78 is 10.4. The number of ether oxygens (including phenoxy) is 1. The van der Waals surface area contributed by atoms with Crippen molar-refractivity contribution in [3.63, 3.8) is 0 Å². The van der Waals surface area contributed by atoms with Gasteiger partial charge in [-0.2, -0.15) is 0 Å². The van der Waals surface area contributed by atoms with Crippen LogP contribution in [0.2, 0.25) is 0 Å². The minimum Gasteiger partial charge on any atom is -0.486 e. The Labute approximate surface area is 108 Å². The van der Waals surface area contributed by atoms with Gasteiger partial charge in [0, 0.05) is 5.56 Å². The molecule has 0 aliphatic heterocycles. The highest BCUT2D eigenvalue weighted by atomic mass is 16.5. The highest BCUT2D eigenvalue weighted by Crippen LogP contribution is 2.15. The zero-order valence-corrected chi connectivity index (χ0v) is 9.83. The highest BCUT2D eigenvalue weighted by Gasteiger charge is 2.09. The zero-order chi connectivity index (χ0) is 13.8. The van der Waals surface area contributed by atoms with Crippen LogP contribution < -0.4 is 10.5 Å². The second-order valence-corrected chi connectivity index (χ2v) is 3.75. The zero-order valence-electron chi connectivity index (χ0n) is 9.83. The van der Waals surface area contributed by atoms with E-state index in [2.05, 4.69) is 0 Å². The summed E-state index contributed by atoms with van der Waals surface area (Å²) in [6, 6.07) is 9.17. The minimum atomic E-state index is -1.13. The topological polar surface area (TPSA) is 103 Å². The van der Waals surface area contributed by atoms with Crippen molar-refractivity contribution < 1.29 is 23.8 Å². The van der Waals surface area contributed by atoms with Gasteiger partial charge in [0.1, 0.15) is 18.1 Å². The molecule has 6 nitrogen and oxygen atoms in total. The average Bonchev–Trinajstić information content (AvgIpc) is 2.86. The van der Waals surface area contributed by atoms with Gasteiger partial charge in [0.15, 0.2) is 0 Å². The summed E-state index contributed by atoms with van der Waals surface area (Å²) in [4.78, 5) is 21.5. The van der Waals surface area contributed by atoms with Crippen molar-refractivity contribution in [2.75, 3.05) is 0 Å². The van der Waals surface area contributed by atoms with Crippen molar-refractivity contribution in [3.05, 3.63) is 53.5 Å². The van der Waals surface area contributed by atoms with Crippen molar-refractivity contribution in [2.24, 2.45) is 5.73 Å². The molecule has 0 fully saturated rings. The van der Waals surface area contributed by atoms with Crippen molar-refractivity contribution in [3.8, 4) is 5.75 Å². The van der Waals surface area contributed by atoms with Crippen molar-refractivity contribution in [1.82, 2.24) is 0 Å². The molecule has 1 aromatic heterocycles. The lowest BCUT2D eigenvalue weighted by molar-refractivity contribution is 0.0658. The fraction of sp³-hybridized carbons (Fsp3) is 0.0769. The molecule has 1 aromatic carbocycles. The minimum absolute atomic E-state index is 0.100. The van der Waals surface area contributed by atoms with Crippen LogP contribution in [-0.2, 0) is 6.61 Å². The molecule has 2 aromatic rings. The van der Waals surface area contributed by atoms with Crippen molar-refractivity contribution >= 4 is 11.9 Å². The molecule has 1 heterocycles. The first kappa shape index (κ1) is 12.7. The first-order valence-corrected chi connectivity index (χ1v) is 5.41. The molecule has 0 aliphatic carbocycles. The predicted octanol–water partition coefficient (Wildman–Crippen LogP) is 1.66. The van der Waals surface area contributed by atoms with Crippen LogP contribution in [0.25, 0.3) is 0 Å². The average molecular weight is 261 g/mol. The number of carbonyl (C=O) groups excluding carboxylic acids is 1. The number of rotatable bonds is 5. The normalized spacial score (nSPS) is 10.1. The Balaban J connectivity index is 1.97. The number of carbonyl (C=O) groups is 2. The molecular weight excluding hydrogens is 250 g/mol. The van der Waals surface area contributed by atoms with Gasteiger partial charge in [0.2, 0.25) is 11.7 Å². The van der Waals surface area contributed by atoms with E-state index in [9.17, 15) is 9.59 Å². The van der Waals surface area contributed by atoms with E-state index >= 15 is 0 Å². The third-order valence-electron chi connectivity index (χ3n) is 2.39. The number of hydrogen-bond acceptors (Lipinski definition) is 4. The molecule has 0 atom stereocenters. The molecule has 2 rings (SSSR count). The largest absolute Gasteiger partial charge is 0.486 e. The first-order valence-electron chi connectivity index (χ1n) is 5.41. The van der Waals surface area contributed by atoms with Crippen molar-refractivity contribution in [1.29, 1.82) is 0 Å². The van der Waals surface area contributed by atoms with Crippen LogP contribution in [-0.4, -0.2) is 17.0 Å². The molecule has 3 N–H and O–H groups in total. The van der Waals surface area contributed by atoms with Gasteiger partial charge in [-0.05, 0) is 36.4 Å². The van der Waals surface area contributed by atoms with Crippen LogP contribution in [0.1, 0.15) is 26.7 Å². The second-order valence-electron chi connectivity index (χ2n) is 3.75. The number of primary amides is 1. The Hall–Kier alpha value is -2.76. The van der Waals surface area contributed by atoms with E-state index in [1.54, 1.807) is 24.3 Å². The van der Waals surface area contributed by atoms with Crippen LogP contribution in [0.4, 0.5) is 0 Å². The summed E-state index contributed by atoms with van der Waals surface area (Å²) in [5, 5.41) is 8.69. The summed E-state index contributed by atoms with van der Waals surface area (Å²) in [5.41, 5.74) is 5.50. The molecule has 98 valence electrons. The Kier molecular flexibility index (Phi) is 3.51. The molecule has 0 spiro atoms. The maximum atomic E-state index is 10.9. The summed E-state index contributed by atoms with van der Waals surface area (Å²) in [6.45, 7) is 0.100. The lowest BCUT2D eigenvalue weighted by Gasteiger charge is -2.04. The predicted molar refractivity (Wildman–Crippen MR) is 65.0 cm³/mol. The molecular formula is C13H11NO5. The van der Waals surface area contributed by atoms with Gasteiger partial charge in [-0.25, -0.2) is 4.79 Å². The van der Waals surface area contributed by atoms with Gasteiger partial charge >= 0.3 is 5.97 Å². The number of carboxylic acids is 1. The number of benzene rings is 1. The number of hydrogen-bond donors (Lipinski definition) is 2. The monoisotopic (exact) mass is 261 g/mol. The quantitative estimate of drug-likeness (QED) is 0.851. The van der Waals surface area contributed by atoms with Gasteiger partial charge < -0.3 is 20.0 Å². The van der Waals surface area contributed by atoms with Crippen LogP contribution in [0, 0.1) is 0 Å². The number of nitrogens with two attached hydrogens (primary N) is 1. The van der Waals surface area contributed by atoms with E-state index in [4.69, 9.17) is 20.0 Å². The summed E-state index contributed by atoms with van der Waals surface area (Å²) in [5.74, 6) is -0.849. The molecule has 0 radical (unpaired) electrons. The Morgan fingerprint density at radius 1 is 1.16 bits per heavy atom. The third-order valence-corrected chi connectivity index (χ3v) is 2.39. The van der Waals surface area contributed by atoms with Gasteiger partial charge in [0.25, 0.3) is 0 Å². The number of amides is 1. The molecule has 19 heavy (non-hydrogen) atoms. The van der Waals surface area contributed by atoms with Crippen molar-refractivity contribution in [2.45, 2.75) is 6.61 Å². The highest BCUT2D eigenvalue weighted by molar-refractivity contribution is 5.92. The van der Waals surface area contributed by atoms with Gasteiger partial charge in [0.05, 0.1) is 0 Å². The summed E-state index contributed by atoms with van der Waals surface area (Å²) in [6.07, 6.45) is 0. The molecule has 0 saturated heterocycles. The lowest BCUT2D eigenvalue weighted by atomic mass is 10.2. The van der Waals surface area contributed by atoms with Crippen LogP contribution in [0.5, 0.6) is 5.75 Å². The maximum Gasteiger partial charge on any atom is 0.371 e. The maximum absolute atomic E-state index is 10.9. The molecule has 0 bridgehead atoms. The van der Waals surface area contributed by atoms with E-state index in [0.29, 0.717) is 17.1 Å². The van der Waals surface area contributed by atoms with E-state index < -0.39 is 11.9 Å². The Morgan fingerprint density at radius 2 is 1.84 bits per heavy atom. The third kappa shape index (κ3) is 3.12. The van der Waals surface area contributed by atoms with E-state index in [-0.39, 0.29) is 12.4 Å². The standard InChI is InChI=1S/C13H11NO5/c14-12(15)8-1-3-9(4-2-8)18-7-10-5-6-11(19-10)13(16)17/h1-6H,7H2,(H2,14,15)(H,16,17). The fourth-order valence-electron chi connectivity index (χ4n) is 1.44. The SMILES string of the molecule is NC(=O)c1ccc(OCc2ccc(C(=O)O)o2)cc1. The smallest absolute Gasteiger partial charge is 0.371 e. The van der Waals surface area contributed by atoms with E-state index in [0.717, 1.165) is 0 Å². The molecule has 0 unspecified atom stereocenters. The second kappa shape index (κ2) is 5.26. The number of furan rings is 1. The van der Waals surface area contributed by atoms with E-state index in [1.807, 2.05) is 0 Å². The van der Waals surface area contributed by atoms with Crippen LogP contribution in [0.3, 0.4) is 0 Å². The molecule has 0 saturated carbocycles. The number of carboxylic acid groups (broad SMARTS) is 1. The molecule has 1 amide bonds. The van der Waals surface area contributed by atoms with Crippen LogP contribution >= 0.6 is 0 Å². The van der Waals surface area contributed by atoms with Gasteiger partial charge in [-0.15, -0.1) is 0 Å². The molecule has 6 heteroatoms. The van der Waals surface area contributed by atoms with Gasteiger partial charge in [-0.3, -0.25) is 4.79 Å². The lowest BCUT2D eigenvalue weighted by Crippen LogP contribution is -2.10. The Morgan fingerprint density at radius 3 is 2.37 bits per heavy atom. The van der Waals surface area contributed by atoms with Gasteiger partial charge in [-0.1, -0.05) is 0 Å². The summed E-state index contributed by atoms with van der Waals surface area (Å²) in [7, 11) is 0. The van der Waals surface area contributed by atoms with Crippen LogP contribution in [0.15, 0.2) is 40.8 Å².